The summed E-state index contributed by atoms with van der Waals surface area (Å²) in [6, 6.07) is 5.81. The van der Waals surface area contributed by atoms with Gasteiger partial charge in [0.15, 0.2) is 11.9 Å². The first-order valence-corrected chi connectivity index (χ1v) is 9.00. The smallest absolute Gasteiger partial charge is 0.339 e. The molecule has 2 aromatic rings. The number of nitrogens with one attached hydrogen (secondary N) is 1. The number of halogens is 2. The summed E-state index contributed by atoms with van der Waals surface area (Å²) in [6.07, 6.45) is -1.15. The maximum absolute atomic E-state index is 12.7. The second-order valence-corrected chi connectivity index (χ2v) is 7.00. The van der Waals surface area contributed by atoms with E-state index in [1.807, 2.05) is 0 Å². The first kappa shape index (κ1) is 20.8. The van der Waals surface area contributed by atoms with Gasteiger partial charge in [-0.25, -0.2) is 4.79 Å². The van der Waals surface area contributed by atoms with Crippen LogP contribution in [-0.4, -0.2) is 34.4 Å². The fraction of sp³-hybridized carbons (Fsp3) is 0.316. The monoisotopic (exact) mass is 395 g/mol. The van der Waals surface area contributed by atoms with Gasteiger partial charge in [0.2, 0.25) is 5.78 Å². The second kappa shape index (κ2) is 8.47. The Kier molecular flexibility index (Phi) is 6.54. The molecule has 1 atom stereocenters. The molecule has 0 amide bonds. The van der Waals surface area contributed by atoms with Crippen LogP contribution in [0.2, 0.25) is 0 Å². The van der Waals surface area contributed by atoms with Crippen LogP contribution in [0.5, 0.6) is 0 Å². The molecule has 1 aromatic carbocycles. The minimum Gasteiger partial charge on any atom is -0.451 e. The van der Waals surface area contributed by atoms with E-state index in [1.165, 1.54) is 38.1 Å². The van der Waals surface area contributed by atoms with Crippen LogP contribution in [0.4, 0.5) is 8.78 Å². The van der Waals surface area contributed by atoms with Gasteiger partial charge < -0.3 is 9.72 Å². The number of carbonyl (C=O) groups excluding carboxylic acids is 3. The van der Waals surface area contributed by atoms with E-state index in [1.54, 1.807) is 13.8 Å². The molecule has 2 rings (SSSR count). The standard InChI is InChI=1S/C19H19F2NO4S/c1-9-15(11(3)23)10(2)22-16(9)17(24)12(4)26-18(25)13-7-5-6-8-14(13)27-19(20)21/h5-8,12,19,22H,1-4H3/t12-/m0/s1. The summed E-state index contributed by atoms with van der Waals surface area (Å²) in [4.78, 5) is 39.6. The van der Waals surface area contributed by atoms with Crippen molar-refractivity contribution >= 4 is 29.3 Å². The Morgan fingerprint density at radius 2 is 1.78 bits per heavy atom. The van der Waals surface area contributed by atoms with Crippen LogP contribution in [0, 0.1) is 13.8 Å². The summed E-state index contributed by atoms with van der Waals surface area (Å²) in [5.41, 5.74) is 1.62. The number of alkyl halides is 2. The Labute approximate surface area is 159 Å². The molecule has 1 N–H and O–H groups in total. The first-order valence-electron chi connectivity index (χ1n) is 8.12. The number of hydrogen-bond acceptors (Lipinski definition) is 5. The largest absolute Gasteiger partial charge is 0.451 e. The Morgan fingerprint density at radius 3 is 2.33 bits per heavy atom. The zero-order valence-electron chi connectivity index (χ0n) is 15.3. The zero-order valence-corrected chi connectivity index (χ0v) is 16.1. The highest BCUT2D eigenvalue weighted by atomic mass is 32.2. The highest BCUT2D eigenvalue weighted by Gasteiger charge is 2.27. The normalized spacial score (nSPS) is 12.1. The molecule has 1 heterocycles. The van der Waals surface area contributed by atoms with Crippen molar-refractivity contribution in [3.63, 3.8) is 0 Å². The lowest BCUT2D eigenvalue weighted by molar-refractivity contribution is 0.0313. The quantitative estimate of drug-likeness (QED) is 0.422. The van der Waals surface area contributed by atoms with Crippen LogP contribution < -0.4 is 0 Å². The molecule has 0 aliphatic rings. The number of aromatic nitrogens is 1. The molecule has 0 aliphatic heterocycles. The number of benzene rings is 1. The Morgan fingerprint density at radius 1 is 1.15 bits per heavy atom. The summed E-state index contributed by atoms with van der Waals surface area (Å²) >= 11 is 0.233. The maximum Gasteiger partial charge on any atom is 0.339 e. The molecule has 0 bridgehead atoms. The van der Waals surface area contributed by atoms with E-state index in [4.69, 9.17) is 4.74 Å². The number of hydrogen-bond donors (Lipinski definition) is 1. The molecule has 1 aromatic heterocycles. The van der Waals surface area contributed by atoms with Crippen LogP contribution in [0.25, 0.3) is 0 Å². The summed E-state index contributed by atoms with van der Waals surface area (Å²) < 4.78 is 30.5. The SMILES string of the molecule is CC(=O)c1c(C)[nH]c(C(=O)[C@H](C)OC(=O)c2ccccc2SC(F)F)c1C. The van der Waals surface area contributed by atoms with Crippen LogP contribution in [0.15, 0.2) is 29.2 Å². The van der Waals surface area contributed by atoms with E-state index in [9.17, 15) is 23.2 Å². The van der Waals surface area contributed by atoms with Crippen molar-refractivity contribution in [1.29, 1.82) is 0 Å². The Bertz CT molecular complexity index is 892. The predicted octanol–water partition coefficient (Wildman–Crippen LogP) is 4.58. The van der Waals surface area contributed by atoms with Gasteiger partial charge in [0.25, 0.3) is 5.76 Å². The van der Waals surface area contributed by atoms with Gasteiger partial charge in [-0.15, -0.1) is 0 Å². The minimum absolute atomic E-state index is 0.0359. The number of aryl methyl sites for hydroxylation is 1. The van der Waals surface area contributed by atoms with E-state index in [0.717, 1.165) is 0 Å². The highest BCUT2D eigenvalue weighted by molar-refractivity contribution is 7.99. The summed E-state index contributed by atoms with van der Waals surface area (Å²) in [5.74, 6) is -4.24. The van der Waals surface area contributed by atoms with Crippen molar-refractivity contribution < 1.29 is 27.9 Å². The fourth-order valence-electron chi connectivity index (χ4n) is 2.84. The number of thioether (sulfide) groups is 1. The topological polar surface area (TPSA) is 76.2 Å². The molecule has 5 nitrogen and oxygen atoms in total. The molecule has 0 unspecified atom stereocenters. The number of ether oxygens (including phenoxy) is 1. The van der Waals surface area contributed by atoms with Gasteiger partial charge in [-0.1, -0.05) is 23.9 Å². The Hall–Kier alpha value is -2.48. The van der Waals surface area contributed by atoms with Gasteiger partial charge in [-0.2, -0.15) is 8.78 Å². The third-order valence-corrected chi connectivity index (χ3v) is 4.80. The first-order chi connectivity index (χ1) is 12.6. The summed E-state index contributed by atoms with van der Waals surface area (Å²) in [5, 5.41) is 0. The number of aromatic amines is 1. The van der Waals surface area contributed by atoms with Crippen molar-refractivity contribution in [2.24, 2.45) is 0 Å². The molecular formula is C19H19F2NO4S. The number of carbonyl (C=O) groups is 3. The maximum atomic E-state index is 12.7. The van der Waals surface area contributed by atoms with Crippen LogP contribution in [-0.2, 0) is 4.74 Å². The minimum atomic E-state index is -2.69. The van der Waals surface area contributed by atoms with E-state index in [2.05, 4.69) is 4.98 Å². The molecule has 0 radical (unpaired) electrons. The highest BCUT2D eigenvalue weighted by Crippen LogP contribution is 2.29. The van der Waals surface area contributed by atoms with E-state index >= 15 is 0 Å². The van der Waals surface area contributed by atoms with Gasteiger partial charge in [0.05, 0.1) is 11.3 Å². The lowest BCUT2D eigenvalue weighted by Crippen LogP contribution is -2.25. The van der Waals surface area contributed by atoms with Crippen molar-refractivity contribution in [2.45, 2.75) is 44.5 Å². The zero-order chi connectivity index (χ0) is 20.3. The predicted molar refractivity (Wildman–Crippen MR) is 97.8 cm³/mol. The molecule has 0 spiro atoms. The Balaban J connectivity index is 2.22. The van der Waals surface area contributed by atoms with Gasteiger partial charge >= 0.3 is 5.97 Å². The fourth-order valence-corrected chi connectivity index (χ4v) is 3.47. The third kappa shape index (κ3) is 4.63. The molecular weight excluding hydrogens is 376 g/mol. The van der Waals surface area contributed by atoms with E-state index in [-0.39, 0.29) is 33.7 Å². The van der Waals surface area contributed by atoms with Crippen molar-refractivity contribution in [2.75, 3.05) is 0 Å². The van der Waals surface area contributed by atoms with E-state index < -0.39 is 23.6 Å². The number of H-pyrrole nitrogens is 1. The van der Waals surface area contributed by atoms with Gasteiger partial charge in [-0.05, 0) is 45.4 Å². The molecule has 0 aliphatic carbocycles. The third-order valence-electron chi connectivity index (χ3n) is 4.01. The average Bonchev–Trinajstić information content (AvgIpc) is 2.88. The van der Waals surface area contributed by atoms with Gasteiger partial charge in [0.1, 0.15) is 0 Å². The summed E-state index contributed by atoms with van der Waals surface area (Å²) in [7, 11) is 0. The van der Waals surface area contributed by atoms with Crippen LogP contribution in [0.3, 0.4) is 0 Å². The van der Waals surface area contributed by atoms with Gasteiger partial charge in [0, 0.05) is 16.2 Å². The lowest BCUT2D eigenvalue weighted by Gasteiger charge is -2.14. The number of ketones is 2. The molecule has 0 saturated heterocycles. The van der Waals surface area contributed by atoms with Crippen LogP contribution >= 0.6 is 11.8 Å². The van der Waals surface area contributed by atoms with Crippen molar-refractivity contribution in [3.05, 3.63) is 52.3 Å². The van der Waals surface area contributed by atoms with Crippen LogP contribution in [0.1, 0.15) is 56.3 Å². The molecule has 0 fully saturated rings. The molecule has 0 saturated carbocycles. The van der Waals surface area contributed by atoms with Gasteiger partial charge in [-0.3, -0.25) is 9.59 Å². The van der Waals surface area contributed by atoms with Crippen molar-refractivity contribution in [3.8, 4) is 0 Å². The molecule has 8 heteroatoms. The number of esters is 1. The van der Waals surface area contributed by atoms with E-state index in [0.29, 0.717) is 16.8 Å². The molecule has 144 valence electrons. The molecule has 27 heavy (non-hydrogen) atoms. The average molecular weight is 395 g/mol. The van der Waals surface area contributed by atoms with Crippen molar-refractivity contribution in [1.82, 2.24) is 4.98 Å². The number of Topliss-reactive ketones (excluding diaryl/α,β-unsaturated/α-hetero) is 2. The number of rotatable bonds is 7. The summed E-state index contributed by atoms with van der Waals surface area (Å²) in [6.45, 7) is 6.11. The second-order valence-electron chi connectivity index (χ2n) is 5.97. The lowest BCUT2D eigenvalue weighted by atomic mass is 10.0.